The van der Waals surface area contributed by atoms with Crippen LogP contribution in [-0.2, 0) is 11.2 Å². The molecule has 3 N–H and O–H groups in total. The number of benzene rings is 1. The van der Waals surface area contributed by atoms with E-state index in [0.717, 1.165) is 24.8 Å². The predicted molar refractivity (Wildman–Crippen MR) is 64.0 cm³/mol. The standard InChI is InChI=1S/C13H17NO3/c1-8(13(16)17)14-12-4-2-3-9-5-6-10(15)7-11(9)12/h5-8,12,14-15H,2-4H2,1H3,(H,16,17). The second kappa shape index (κ2) is 4.75. The van der Waals surface area contributed by atoms with Crippen molar-refractivity contribution in [2.24, 2.45) is 0 Å². The number of carboxylic acid groups (broad SMARTS) is 1. The third kappa shape index (κ3) is 2.58. The van der Waals surface area contributed by atoms with Crippen LogP contribution < -0.4 is 5.32 Å². The number of phenols is 1. The fourth-order valence-corrected chi connectivity index (χ4v) is 2.33. The van der Waals surface area contributed by atoms with E-state index in [4.69, 9.17) is 5.11 Å². The zero-order valence-electron chi connectivity index (χ0n) is 9.81. The Bertz CT molecular complexity index is 431. The van der Waals surface area contributed by atoms with Gasteiger partial charge < -0.3 is 10.2 Å². The van der Waals surface area contributed by atoms with Gasteiger partial charge in [-0.1, -0.05) is 6.07 Å². The van der Waals surface area contributed by atoms with Gasteiger partial charge in [-0.15, -0.1) is 0 Å². The van der Waals surface area contributed by atoms with Crippen LogP contribution in [0.15, 0.2) is 18.2 Å². The van der Waals surface area contributed by atoms with Gasteiger partial charge in [-0.2, -0.15) is 0 Å². The molecule has 0 saturated carbocycles. The Hall–Kier alpha value is -1.55. The zero-order valence-corrected chi connectivity index (χ0v) is 9.81. The summed E-state index contributed by atoms with van der Waals surface area (Å²) in [6.45, 7) is 1.64. The maximum absolute atomic E-state index is 10.8. The summed E-state index contributed by atoms with van der Waals surface area (Å²) in [4.78, 5) is 10.8. The molecule has 0 amide bonds. The second-order valence-electron chi connectivity index (χ2n) is 4.55. The number of fused-ring (bicyclic) bond motifs is 1. The molecule has 2 atom stereocenters. The monoisotopic (exact) mass is 235 g/mol. The molecule has 0 heterocycles. The van der Waals surface area contributed by atoms with Crippen LogP contribution in [0.1, 0.15) is 36.9 Å². The quantitative estimate of drug-likeness (QED) is 0.747. The van der Waals surface area contributed by atoms with E-state index in [1.807, 2.05) is 6.07 Å². The second-order valence-corrected chi connectivity index (χ2v) is 4.55. The molecule has 2 rings (SSSR count). The first-order valence-corrected chi connectivity index (χ1v) is 5.88. The van der Waals surface area contributed by atoms with Crippen LogP contribution in [0.4, 0.5) is 0 Å². The van der Waals surface area contributed by atoms with Crippen LogP contribution >= 0.6 is 0 Å². The van der Waals surface area contributed by atoms with Crippen LogP contribution in [-0.4, -0.2) is 22.2 Å². The summed E-state index contributed by atoms with van der Waals surface area (Å²) in [6.07, 6.45) is 2.95. The molecule has 2 unspecified atom stereocenters. The van der Waals surface area contributed by atoms with Crippen molar-refractivity contribution in [2.45, 2.75) is 38.3 Å². The van der Waals surface area contributed by atoms with Crippen LogP contribution in [0.5, 0.6) is 5.75 Å². The molecular weight excluding hydrogens is 218 g/mol. The largest absolute Gasteiger partial charge is 0.508 e. The van der Waals surface area contributed by atoms with E-state index in [1.165, 1.54) is 5.56 Å². The number of carbonyl (C=O) groups is 1. The number of carboxylic acids is 1. The van der Waals surface area contributed by atoms with Crippen LogP contribution in [0, 0.1) is 0 Å². The summed E-state index contributed by atoms with van der Waals surface area (Å²) in [5.74, 6) is -0.613. The van der Waals surface area contributed by atoms with Crippen molar-refractivity contribution in [2.75, 3.05) is 0 Å². The first-order valence-electron chi connectivity index (χ1n) is 5.88. The van der Waals surface area contributed by atoms with Gasteiger partial charge in [0.15, 0.2) is 0 Å². The Balaban J connectivity index is 2.22. The van der Waals surface area contributed by atoms with Gasteiger partial charge in [-0.3, -0.25) is 10.1 Å². The van der Waals surface area contributed by atoms with Crippen molar-refractivity contribution in [3.63, 3.8) is 0 Å². The van der Waals surface area contributed by atoms with Gasteiger partial charge in [0.05, 0.1) is 0 Å². The molecular formula is C13H17NO3. The molecule has 0 fully saturated rings. The summed E-state index contributed by atoms with van der Waals surface area (Å²) < 4.78 is 0. The molecule has 17 heavy (non-hydrogen) atoms. The molecule has 0 bridgehead atoms. The van der Waals surface area contributed by atoms with Crippen molar-refractivity contribution in [3.8, 4) is 5.75 Å². The number of hydrogen-bond acceptors (Lipinski definition) is 3. The summed E-state index contributed by atoms with van der Waals surface area (Å²) in [5.41, 5.74) is 2.23. The molecule has 0 spiro atoms. The van der Waals surface area contributed by atoms with Crippen LogP contribution in [0.3, 0.4) is 0 Å². The highest BCUT2D eigenvalue weighted by atomic mass is 16.4. The normalized spacial score (nSPS) is 20.6. The highest BCUT2D eigenvalue weighted by Crippen LogP contribution is 2.32. The predicted octanol–water partition coefficient (Wildman–Crippen LogP) is 1.83. The van der Waals surface area contributed by atoms with E-state index in [9.17, 15) is 9.90 Å². The molecule has 0 saturated heterocycles. The fraction of sp³-hybridized carbons (Fsp3) is 0.462. The average molecular weight is 235 g/mol. The summed E-state index contributed by atoms with van der Waals surface area (Å²) in [6, 6.07) is 4.79. The molecule has 1 aromatic rings. The number of aromatic hydroxyl groups is 1. The van der Waals surface area contributed by atoms with Gasteiger partial charge in [0.25, 0.3) is 0 Å². The zero-order chi connectivity index (χ0) is 12.4. The summed E-state index contributed by atoms with van der Waals surface area (Å²) in [5, 5.41) is 21.5. The molecule has 4 nitrogen and oxygen atoms in total. The molecule has 1 aliphatic rings. The van der Waals surface area contributed by atoms with Gasteiger partial charge in [0.2, 0.25) is 0 Å². The third-order valence-electron chi connectivity index (χ3n) is 3.27. The lowest BCUT2D eigenvalue weighted by Crippen LogP contribution is -2.38. The topological polar surface area (TPSA) is 69.6 Å². The fourth-order valence-electron chi connectivity index (χ4n) is 2.33. The van der Waals surface area contributed by atoms with Gasteiger partial charge in [-0.05, 0) is 49.4 Å². The first kappa shape index (κ1) is 11.9. The molecule has 4 heteroatoms. The Morgan fingerprint density at radius 2 is 2.29 bits per heavy atom. The lowest BCUT2D eigenvalue weighted by molar-refractivity contribution is -0.139. The Kier molecular flexibility index (Phi) is 3.33. The number of aliphatic carboxylic acids is 1. The van der Waals surface area contributed by atoms with E-state index in [0.29, 0.717) is 0 Å². The maximum atomic E-state index is 10.8. The van der Waals surface area contributed by atoms with Crippen LogP contribution in [0.25, 0.3) is 0 Å². The van der Waals surface area contributed by atoms with E-state index in [-0.39, 0.29) is 11.8 Å². The van der Waals surface area contributed by atoms with Crippen LogP contribution in [0.2, 0.25) is 0 Å². The molecule has 1 aliphatic carbocycles. The molecule has 0 aliphatic heterocycles. The van der Waals surface area contributed by atoms with Gasteiger partial charge in [0.1, 0.15) is 11.8 Å². The van der Waals surface area contributed by atoms with Crippen molar-refractivity contribution >= 4 is 5.97 Å². The maximum Gasteiger partial charge on any atom is 0.320 e. The third-order valence-corrected chi connectivity index (χ3v) is 3.27. The number of phenolic OH excluding ortho intramolecular Hbond substituents is 1. The number of nitrogens with one attached hydrogen (secondary N) is 1. The summed E-state index contributed by atoms with van der Waals surface area (Å²) >= 11 is 0. The number of aryl methyl sites for hydroxylation is 1. The molecule has 92 valence electrons. The van der Waals surface area contributed by atoms with E-state index in [2.05, 4.69) is 5.32 Å². The lowest BCUT2D eigenvalue weighted by Gasteiger charge is -2.28. The number of rotatable bonds is 3. The summed E-state index contributed by atoms with van der Waals surface area (Å²) in [7, 11) is 0. The molecule has 1 aromatic carbocycles. The average Bonchev–Trinajstić information content (AvgIpc) is 2.29. The molecule has 0 radical (unpaired) electrons. The van der Waals surface area contributed by atoms with Crippen molar-refractivity contribution in [3.05, 3.63) is 29.3 Å². The van der Waals surface area contributed by atoms with Gasteiger partial charge in [-0.25, -0.2) is 0 Å². The lowest BCUT2D eigenvalue weighted by atomic mass is 9.87. The smallest absolute Gasteiger partial charge is 0.320 e. The van der Waals surface area contributed by atoms with Crippen molar-refractivity contribution in [1.82, 2.24) is 5.32 Å². The van der Waals surface area contributed by atoms with Gasteiger partial charge in [0, 0.05) is 6.04 Å². The van der Waals surface area contributed by atoms with E-state index in [1.54, 1.807) is 19.1 Å². The molecule has 0 aromatic heterocycles. The minimum atomic E-state index is -0.850. The van der Waals surface area contributed by atoms with E-state index >= 15 is 0 Å². The SMILES string of the molecule is CC(NC1CCCc2ccc(O)cc21)C(=O)O. The highest BCUT2D eigenvalue weighted by Gasteiger charge is 2.23. The Labute approximate surface area is 100 Å². The van der Waals surface area contributed by atoms with Gasteiger partial charge >= 0.3 is 5.97 Å². The Morgan fingerprint density at radius 3 is 3.00 bits per heavy atom. The number of hydrogen-bond donors (Lipinski definition) is 3. The highest BCUT2D eigenvalue weighted by molar-refractivity contribution is 5.72. The minimum Gasteiger partial charge on any atom is -0.508 e. The minimum absolute atomic E-state index is 0.0250. The van der Waals surface area contributed by atoms with Crippen molar-refractivity contribution in [1.29, 1.82) is 0 Å². The van der Waals surface area contributed by atoms with E-state index < -0.39 is 12.0 Å². The first-order chi connectivity index (χ1) is 8.08. The van der Waals surface area contributed by atoms with Crippen molar-refractivity contribution < 1.29 is 15.0 Å². The Morgan fingerprint density at radius 1 is 1.53 bits per heavy atom.